The Morgan fingerprint density at radius 3 is 2.52 bits per heavy atom. The lowest BCUT2D eigenvalue weighted by Crippen LogP contribution is -2.15. The van der Waals surface area contributed by atoms with Crippen molar-refractivity contribution in [1.29, 1.82) is 0 Å². The van der Waals surface area contributed by atoms with E-state index in [4.69, 9.17) is 9.47 Å². The first-order valence-electron chi connectivity index (χ1n) is 8.54. The molecule has 1 aliphatic heterocycles. The number of amides is 1. The fraction of sp³-hybridized carbons (Fsp3) is 0.150. The van der Waals surface area contributed by atoms with Crippen LogP contribution in [0.2, 0.25) is 0 Å². The summed E-state index contributed by atoms with van der Waals surface area (Å²) in [6.45, 7) is 3.05. The van der Waals surface area contributed by atoms with Crippen molar-refractivity contribution >= 4 is 23.2 Å². The number of nitrogens with one attached hydrogen (secondary N) is 2. The highest BCUT2D eigenvalue weighted by Crippen LogP contribution is 2.33. The Morgan fingerprint density at radius 1 is 0.963 bits per heavy atom. The van der Waals surface area contributed by atoms with Gasteiger partial charge < -0.3 is 20.1 Å². The van der Waals surface area contributed by atoms with E-state index < -0.39 is 0 Å². The third-order valence-corrected chi connectivity index (χ3v) is 3.99. The van der Waals surface area contributed by atoms with Gasteiger partial charge in [0.15, 0.2) is 11.5 Å². The zero-order chi connectivity index (χ0) is 18.6. The standard InChI is InChI=1S/C20H18N4O3/c1-13-3-2-4-15(9-13)23-19(25)14-11-21-20(22-12-14)24-16-5-6-17-18(10-16)27-8-7-26-17/h2-6,9-12H,7-8H2,1H3,(H,23,25)(H,21,22,24). The molecule has 3 aromatic rings. The van der Waals surface area contributed by atoms with Crippen LogP contribution in [0.25, 0.3) is 0 Å². The first kappa shape index (κ1) is 16.8. The third kappa shape index (κ3) is 3.98. The lowest BCUT2D eigenvalue weighted by Gasteiger charge is -2.18. The smallest absolute Gasteiger partial charge is 0.258 e. The molecule has 0 radical (unpaired) electrons. The SMILES string of the molecule is Cc1cccc(NC(=O)c2cnc(Nc3ccc4c(c3)OCCO4)nc2)c1. The monoisotopic (exact) mass is 362 g/mol. The molecule has 0 aliphatic carbocycles. The molecule has 0 saturated heterocycles. The first-order chi connectivity index (χ1) is 13.2. The predicted octanol–water partition coefficient (Wildman–Crippen LogP) is 3.55. The summed E-state index contributed by atoms with van der Waals surface area (Å²) in [5, 5.41) is 5.92. The van der Waals surface area contributed by atoms with Gasteiger partial charge in [-0.25, -0.2) is 9.97 Å². The highest BCUT2D eigenvalue weighted by molar-refractivity contribution is 6.03. The molecular formula is C20H18N4O3. The van der Waals surface area contributed by atoms with Crippen LogP contribution >= 0.6 is 0 Å². The zero-order valence-corrected chi connectivity index (χ0v) is 14.7. The van der Waals surface area contributed by atoms with Gasteiger partial charge in [-0.15, -0.1) is 0 Å². The van der Waals surface area contributed by atoms with Gasteiger partial charge >= 0.3 is 0 Å². The van der Waals surface area contributed by atoms with E-state index >= 15 is 0 Å². The Morgan fingerprint density at radius 2 is 1.74 bits per heavy atom. The number of aryl methyl sites for hydroxylation is 1. The second-order valence-corrected chi connectivity index (χ2v) is 6.10. The molecule has 1 aliphatic rings. The molecule has 0 saturated carbocycles. The Labute approximate surface area is 156 Å². The van der Waals surface area contributed by atoms with E-state index in [0.717, 1.165) is 22.7 Å². The van der Waals surface area contributed by atoms with Crippen molar-refractivity contribution in [1.82, 2.24) is 9.97 Å². The van der Waals surface area contributed by atoms with Crippen LogP contribution in [-0.2, 0) is 0 Å². The van der Waals surface area contributed by atoms with Crippen LogP contribution in [0, 0.1) is 6.92 Å². The van der Waals surface area contributed by atoms with Crippen LogP contribution in [-0.4, -0.2) is 29.1 Å². The summed E-state index contributed by atoms with van der Waals surface area (Å²) in [5.41, 5.74) is 2.96. The minimum atomic E-state index is -0.258. The largest absolute Gasteiger partial charge is 0.486 e. The van der Waals surface area contributed by atoms with E-state index in [1.54, 1.807) is 0 Å². The van der Waals surface area contributed by atoms with Gasteiger partial charge in [0.05, 0.1) is 5.56 Å². The van der Waals surface area contributed by atoms with Gasteiger partial charge in [0.25, 0.3) is 5.91 Å². The number of carbonyl (C=O) groups excluding carboxylic acids is 1. The minimum absolute atomic E-state index is 0.258. The Hall–Kier alpha value is -3.61. The van der Waals surface area contributed by atoms with Crippen molar-refractivity contribution in [2.24, 2.45) is 0 Å². The van der Waals surface area contributed by atoms with Gasteiger partial charge in [-0.1, -0.05) is 12.1 Å². The van der Waals surface area contributed by atoms with E-state index in [1.165, 1.54) is 12.4 Å². The predicted molar refractivity (Wildman–Crippen MR) is 102 cm³/mol. The molecule has 1 amide bonds. The molecule has 0 fully saturated rings. The maximum atomic E-state index is 12.3. The highest BCUT2D eigenvalue weighted by atomic mass is 16.6. The second-order valence-electron chi connectivity index (χ2n) is 6.10. The van der Waals surface area contributed by atoms with E-state index in [-0.39, 0.29) is 5.91 Å². The summed E-state index contributed by atoms with van der Waals surface area (Å²) in [5.74, 6) is 1.53. The highest BCUT2D eigenvalue weighted by Gasteiger charge is 2.12. The van der Waals surface area contributed by atoms with Gasteiger partial charge in [0.1, 0.15) is 13.2 Å². The van der Waals surface area contributed by atoms with Crippen molar-refractivity contribution < 1.29 is 14.3 Å². The summed E-state index contributed by atoms with van der Waals surface area (Å²) in [4.78, 5) is 20.7. The van der Waals surface area contributed by atoms with Crippen LogP contribution in [0.3, 0.4) is 0 Å². The number of hydrogen-bond donors (Lipinski definition) is 2. The molecule has 1 aromatic heterocycles. The van der Waals surface area contributed by atoms with Gasteiger partial charge in [0.2, 0.25) is 5.95 Å². The number of ether oxygens (including phenoxy) is 2. The number of benzene rings is 2. The van der Waals surface area contributed by atoms with Crippen molar-refractivity contribution in [3.05, 3.63) is 66.0 Å². The summed E-state index contributed by atoms with van der Waals surface area (Å²) >= 11 is 0. The molecular weight excluding hydrogens is 344 g/mol. The average molecular weight is 362 g/mol. The maximum absolute atomic E-state index is 12.3. The number of fused-ring (bicyclic) bond motifs is 1. The van der Waals surface area contributed by atoms with Crippen LogP contribution in [0.1, 0.15) is 15.9 Å². The summed E-state index contributed by atoms with van der Waals surface area (Å²) in [6.07, 6.45) is 2.97. The third-order valence-electron chi connectivity index (χ3n) is 3.99. The number of rotatable bonds is 4. The fourth-order valence-corrected chi connectivity index (χ4v) is 2.69. The fourth-order valence-electron chi connectivity index (χ4n) is 2.69. The maximum Gasteiger partial charge on any atom is 0.258 e. The topological polar surface area (TPSA) is 85.4 Å². The number of nitrogens with zero attached hydrogens (tertiary/aromatic N) is 2. The summed E-state index contributed by atoms with van der Waals surface area (Å²) in [6, 6.07) is 13.1. The molecule has 136 valence electrons. The van der Waals surface area contributed by atoms with Crippen molar-refractivity contribution in [2.45, 2.75) is 6.92 Å². The Balaban J connectivity index is 1.43. The van der Waals surface area contributed by atoms with Crippen LogP contribution in [0.4, 0.5) is 17.3 Å². The van der Waals surface area contributed by atoms with Gasteiger partial charge in [-0.3, -0.25) is 4.79 Å². The van der Waals surface area contributed by atoms with E-state index in [0.29, 0.717) is 30.5 Å². The molecule has 0 atom stereocenters. The lowest BCUT2D eigenvalue weighted by atomic mass is 10.2. The normalized spacial score (nSPS) is 12.3. The molecule has 2 aromatic carbocycles. The van der Waals surface area contributed by atoms with Crippen LogP contribution in [0.5, 0.6) is 11.5 Å². The molecule has 27 heavy (non-hydrogen) atoms. The Bertz CT molecular complexity index is 973. The van der Waals surface area contributed by atoms with Crippen molar-refractivity contribution in [3.63, 3.8) is 0 Å². The zero-order valence-electron chi connectivity index (χ0n) is 14.7. The van der Waals surface area contributed by atoms with Crippen LogP contribution in [0.15, 0.2) is 54.9 Å². The second kappa shape index (κ2) is 7.33. The molecule has 0 bridgehead atoms. The van der Waals surface area contributed by atoms with E-state index in [1.807, 2.05) is 49.4 Å². The van der Waals surface area contributed by atoms with Crippen molar-refractivity contribution in [3.8, 4) is 11.5 Å². The number of aromatic nitrogens is 2. The lowest BCUT2D eigenvalue weighted by molar-refractivity contribution is 0.102. The molecule has 4 rings (SSSR count). The quantitative estimate of drug-likeness (QED) is 0.738. The van der Waals surface area contributed by atoms with Crippen LogP contribution < -0.4 is 20.1 Å². The molecule has 0 spiro atoms. The number of carbonyl (C=O) groups is 1. The Kier molecular flexibility index (Phi) is 4.57. The number of hydrogen-bond acceptors (Lipinski definition) is 6. The average Bonchev–Trinajstić information content (AvgIpc) is 2.68. The molecule has 7 nitrogen and oxygen atoms in total. The minimum Gasteiger partial charge on any atom is -0.486 e. The van der Waals surface area contributed by atoms with Gasteiger partial charge in [-0.05, 0) is 36.8 Å². The van der Waals surface area contributed by atoms with Gasteiger partial charge in [0, 0.05) is 29.8 Å². The molecule has 7 heteroatoms. The van der Waals surface area contributed by atoms with E-state index in [2.05, 4.69) is 20.6 Å². The molecule has 2 N–H and O–H groups in total. The van der Waals surface area contributed by atoms with Crippen molar-refractivity contribution in [2.75, 3.05) is 23.8 Å². The molecule has 2 heterocycles. The van der Waals surface area contributed by atoms with E-state index in [9.17, 15) is 4.79 Å². The molecule has 0 unspecified atom stereocenters. The first-order valence-corrected chi connectivity index (χ1v) is 8.54. The summed E-state index contributed by atoms with van der Waals surface area (Å²) in [7, 11) is 0. The van der Waals surface area contributed by atoms with Gasteiger partial charge in [-0.2, -0.15) is 0 Å². The summed E-state index contributed by atoms with van der Waals surface area (Å²) < 4.78 is 11.1. The number of anilines is 3.